The van der Waals surface area contributed by atoms with Crippen LogP contribution in [0.25, 0.3) is 0 Å². The fourth-order valence-corrected chi connectivity index (χ4v) is 0.780. The summed E-state index contributed by atoms with van der Waals surface area (Å²) in [5.41, 5.74) is 4.59. The van der Waals surface area contributed by atoms with Gasteiger partial charge in [0.05, 0.1) is 0 Å². The van der Waals surface area contributed by atoms with E-state index in [1.807, 2.05) is 0 Å². The van der Waals surface area contributed by atoms with Crippen molar-refractivity contribution in [1.82, 2.24) is 4.31 Å². The molecule has 0 aromatic carbocycles. The maximum Gasteiger partial charge on any atom is 0.432 e. The van der Waals surface area contributed by atoms with E-state index in [0.717, 1.165) is 0 Å². The van der Waals surface area contributed by atoms with Crippen LogP contribution in [-0.2, 0) is 15.6 Å². The first kappa shape index (κ1) is 11.4. The molecule has 0 saturated heterocycles. The Hall–Kier alpha value is -1.57. The van der Waals surface area contributed by atoms with Crippen molar-refractivity contribution in [3.8, 4) is 0 Å². The van der Waals surface area contributed by atoms with Crippen molar-refractivity contribution in [2.24, 2.45) is 5.73 Å². The van der Waals surface area contributed by atoms with Crippen LogP contribution in [0.1, 0.15) is 0 Å². The Morgan fingerprint density at radius 1 is 1.54 bits per heavy atom. The summed E-state index contributed by atoms with van der Waals surface area (Å²) in [6.07, 6.45) is -0.127. The molecule has 0 fully saturated rings. The van der Waals surface area contributed by atoms with Crippen molar-refractivity contribution in [3.05, 3.63) is 12.7 Å². The summed E-state index contributed by atoms with van der Waals surface area (Å²) >= 11 is 0. The van der Waals surface area contributed by atoms with Crippen molar-refractivity contribution in [1.29, 1.82) is 0 Å². The van der Waals surface area contributed by atoms with Crippen LogP contribution in [0.15, 0.2) is 12.7 Å². The second-order valence-corrected chi connectivity index (χ2v) is 2.63. The molecule has 0 unspecified atom stereocenters. The number of hydrogen-bond donors (Lipinski definition) is 2. The molecule has 13 heavy (non-hydrogen) atoms. The van der Waals surface area contributed by atoms with Gasteiger partial charge in [-0.1, -0.05) is 12.7 Å². The Labute approximate surface area is 75.8 Å². The number of hydrogen-bond acceptors (Lipinski definition) is 5. The quantitative estimate of drug-likeness (QED) is 0.467. The number of imide groups is 1. The number of nitrogens with two attached hydrogens (primary N) is 1. The number of nitrogens with zero attached hydrogens (tertiary/aromatic N) is 1. The normalized spacial score (nSPS) is 9.31. The third-order valence-electron chi connectivity index (χ3n) is 0.870. The highest BCUT2D eigenvalue weighted by Crippen LogP contribution is 1.93. The lowest BCUT2D eigenvalue weighted by Gasteiger charge is -2.09. The molecular weight excluding hydrogens is 200 g/mol. The maximum absolute atomic E-state index is 10.8. The van der Waals surface area contributed by atoms with E-state index in [0.29, 0.717) is 0 Å². The van der Waals surface area contributed by atoms with Gasteiger partial charge in [-0.05, 0) is 0 Å². The lowest BCUT2D eigenvalue weighted by Crippen LogP contribution is -2.39. The lowest BCUT2D eigenvalue weighted by atomic mass is 10.7. The van der Waals surface area contributed by atoms with Crippen molar-refractivity contribution in [2.75, 3.05) is 6.61 Å². The third-order valence-corrected chi connectivity index (χ3v) is 1.56. The number of carbonyl (C=O) groups excluding carboxylic acids is 2. The number of primary amides is 1. The van der Waals surface area contributed by atoms with Crippen molar-refractivity contribution in [2.45, 2.75) is 0 Å². The molecule has 0 bridgehead atoms. The van der Waals surface area contributed by atoms with E-state index in [1.165, 1.54) is 6.08 Å². The molecule has 0 rings (SSSR count). The number of thiol groups is 1. The predicted molar refractivity (Wildman–Crippen MR) is 43.3 cm³/mol. The molecule has 3 amide bonds. The zero-order valence-electron chi connectivity index (χ0n) is 6.50. The highest BCUT2D eigenvalue weighted by atomic mass is 32.2. The topological polar surface area (TPSA) is 107 Å². The number of amides is 3. The van der Waals surface area contributed by atoms with Crippen LogP contribution in [0.4, 0.5) is 9.59 Å². The van der Waals surface area contributed by atoms with E-state index in [2.05, 4.69) is 17.0 Å². The molecule has 0 aliphatic rings. The fraction of sp³-hybridized carbons (Fsp3) is 0.200. The lowest BCUT2D eigenvalue weighted by molar-refractivity contribution is 0.141. The standard InChI is InChI=1S/C5H8N2O5S/c1-2-3-12-5(9)7(4(6)8)13(10)11/h2,13H,1,3H2,(H2,6,8). The summed E-state index contributed by atoms with van der Waals surface area (Å²) in [5, 5.41) is 0. The third kappa shape index (κ3) is 3.56. The molecule has 0 saturated carbocycles. The van der Waals surface area contributed by atoms with Gasteiger partial charge in [-0.25, -0.2) is 18.0 Å². The van der Waals surface area contributed by atoms with E-state index in [1.54, 1.807) is 0 Å². The SMILES string of the molecule is C=CCOC(=O)N(C(N)=O)[SH](=O)=O. The van der Waals surface area contributed by atoms with Crippen LogP contribution in [0.2, 0.25) is 0 Å². The van der Waals surface area contributed by atoms with Gasteiger partial charge in [0.2, 0.25) is 10.9 Å². The Kier molecular flexibility index (Phi) is 4.52. The summed E-state index contributed by atoms with van der Waals surface area (Å²) < 4.78 is 24.6. The first-order chi connectivity index (χ1) is 6.00. The Morgan fingerprint density at radius 2 is 2.08 bits per heavy atom. The molecule has 0 aromatic rings. The first-order valence-corrected chi connectivity index (χ1v) is 4.15. The van der Waals surface area contributed by atoms with Gasteiger partial charge in [-0.3, -0.25) is 0 Å². The van der Waals surface area contributed by atoms with Crippen LogP contribution in [0.3, 0.4) is 0 Å². The van der Waals surface area contributed by atoms with Gasteiger partial charge < -0.3 is 10.5 Å². The molecule has 2 N–H and O–H groups in total. The summed E-state index contributed by atoms with van der Waals surface area (Å²) in [5.74, 6) is 0. The van der Waals surface area contributed by atoms with Crippen molar-refractivity contribution in [3.63, 3.8) is 0 Å². The average molecular weight is 208 g/mol. The van der Waals surface area contributed by atoms with E-state index < -0.39 is 23.0 Å². The molecular formula is C5H8N2O5S. The van der Waals surface area contributed by atoms with Gasteiger partial charge in [0, 0.05) is 0 Å². The molecule has 0 aromatic heterocycles. The molecule has 8 heteroatoms. The van der Waals surface area contributed by atoms with Crippen LogP contribution in [-0.4, -0.2) is 31.5 Å². The van der Waals surface area contributed by atoms with E-state index in [-0.39, 0.29) is 10.9 Å². The average Bonchev–Trinajstić information content (AvgIpc) is 1.99. The monoisotopic (exact) mass is 208 g/mol. The molecule has 0 spiro atoms. The second-order valence-electron chi connectivity index (χ2n) is 1.75. The molecule has 74 valence electrons. The van der Waals surface area contributed by atoms with Gasteiger partial charge in [-0.15, -0.1) is 4.31 Å². The summed E-state index contributed by atoms with van der Waals surface area (Å²) in [4.78, 5) is 21.1. The van der Waals surface area contributed by atoms with E-state index in [9.17, 15) is 18.0 Å². The van der Waals surface area contributed by atoms with Gasteiger partial charge in [-0.2, -0.15) is 0 Å². The largest absolute Gasteiger partial charge is 0.444 e. The zero-order valence-corrected chi connectivity index (χ0v) is 7.40. The molecule has 7 nitrogen and oxygen atoms in total. The van der Waals surface area contributed by atoms with Crippen LogP contribution >= 0.6 is 0 Å². The minimum atomic E-state index is -3.41. The molecule has 0 atom stereocenters. The smallest absolute Gasteiger partial charge is 0.432 e. The second kappa shape index (κ2) is 5.14. The predicted octanol–water partition coefficient (Wildman–Crippen LogP) is -0.784. The van der Waals surface area contributed by atoms with Crippen molar-refractivity contribution >= 4 is 23.0 Å². The first-order valence-electron chi connectivity index (χ1n) is 3.02. The number of rotatable bonds is 3. The Bertz CT molecular complexity index is 289. The highest BCUT2D eigenvalue weighted by Gasteiger charge is 2.22. The van der Waals surface area contributed by atoms with Crippen LogP contribution in [0, 0.1) is 0 Å². The Balaban J connectivity index is 4.47. The maximum atomic E-state index is 10.8. The molecule has 0 aliphatic carbocycles. The van der Waals surface area contributed by atoms with Gasteiger partial charge in [0.15, 0.2) is 0 Å². The Morgan fingerprint density at radius 3 is 2.38 bits per heavy atom. The number of urea groups is 1. The molecule has 0 radical (unpaired) electrons. The van der Waals surface area contributed by atoms with Crippen LogP contribution < -0.4 is 5.73 Å². The zero-order chi connectivity index (χ0) is 10.4. The van der Waals surface area contributed by atoms with Crippen molar-refractivity contribution < 1.29 is 22.7 Å². The molecule has 0 aliphatic heterocycles. The fourth-order valence-electron chi connectivity index (χ4n) is 0.428. The summed E-state index contributed by atoms with van der Waals surface area (Å²) in [7, 11) is -3.41. The van der Waals surface area contributed by atoms with E-state index >= 15 is 0 Å². The minimum Gasteiger partial charge on any atom is -0.444 e. The summed E-state index contributed by atoms with van der Waals surface area (Å²) in [6, 6.07) is -1.41. The number of ether oxygens (including phenoxy) is 1. The highest BCUT2D eigenvalue weighted by molar-refractivity contribution is 7.71. The van der Waals surface area contributed by atoms with E-state index in [4.69, 9.17) is 0 Å². The number of carbonyl (C=O) groups is 2. The summed E-state index contributed by atoms with van der Waals surface area (Å²) in [6.45, 7) is 3.02. The minimum absolute atomic E-state index is 0.203. The van der Waals surface area contributed by atoms with Gasteiger partial charge in [0.25, 0.3) is 0 Å². The van der Waals surface area contributed by atoms with Crippen LogP contribution in [0.5, 0.6) is 0 Å². The molecule has 0 heterocycles. The van der Waals surface area contributed by atoms with Gasteiger partial charge >= 0.3 is 12.1 Å². The van der Waals surface area contributed by atoms with Gasteiger partial charge in [0.1, 0.15) is 6.61 Å².